The van der Waals surface area contributed by atoms with Crippen LogP contribution < -0.4 is 11.2 Å². The third kappa shape index (κ3) is 5.32. The number of esters is 1. The number of benzene rings is 1. The Kier molecular flexibility index (Phi) is 7.26. The van der Waals surface area contributed by atoms with Crippen LogP contribution in [0.15, 0.2) is 32.9 Å². The van der Waals surface area contributed by atoms with E-state index in [1.807, 2.05) is 0 Å². The summed E-state index contributed by atoms with van der Waals surface area (Å²) in [6.45, 7) is 3.08. The summed E-state index contributed by atoms with van der Waals surface area (Å²) < 4.78 is 58.5. The first-order valence-corrected chi connectivity index (χ1v) is 9.01. The molecular weight excluding hydrogens is 450 g/mol. The summed E-state index contributed by atoms with van der Waals surface area (Å²) in [5, 5.41) is 3.33. The van der Waals surface area contributed by atoms with Crippen LogP contribution in [0.25, 0.3) is 5.69 Å². The Morgan fingerprint density at radius 2 is 1.94 bits per heavy atom. The standard InChI is InChI=1S/C18H16ClF4N3O5/c1-4-30-16(28)9(2)31-24-8-10-5-13(12(20)6-11(10)19)26-15(27)7-14(18(21,22)23)25(3)17(26)29/h5-9H,4H2,1-3H3/b24-8+/t9-/m1/s1. The molecule has 1 aromatic heterocycles. The number of carbonyl (C=O) groups excluding carboxylic acids is 1. The third-order valence-corrected chi connectivity index (χ3v) is 4.27. The highest BCUT2D eigenvalue weighted by Gasteiger charge is 2.35. The maximum Gasteiger partial charge on any atom is 0.431 e. The van der Waals surface area contributed by atoms with Crippen molar-refractivity contribution in [2.75, 3.05) is 6.61 Å². The van der Waals surface area contributed by atoms with Crippen molar-refractivity contribution in [1.29, 1.82) is 0 Å². The van der Waals surface area contributed by atoms with E-state index >= 15 is 0 Å². The minimum Gasteiger partial charge on any atom is -0.463 e. The summed E-state index contributed by atoms with van der Waals surface area (Å²) in [5.74, 6) is -1.83. The van der Waals surface area contributed by atoms with Crippen LogP contribution in [0.2, 0.25) is 5.02 Å². The van der Waals surface area contributed by atoms with E-state index < -0.39 is 46.7 Å². The Labute approximate surface area is 177 Å². The lowest BCUT2D eigenvalue weighted by molar-refractivity contribution is -0.155. The Morgan fingerprint density at radius 3 is 2.52 bits per heavy atom. The van der Waals surface area contributed by atoms with Gasteiger partial charge in [-0.1, -0.05) is 16.8 Å². The van der Waals surface area contributed by atoms with Gasteiger partial charge in [-0.15, -0.1) is 0 Å². The molecule has 0 aliphatic carbocycles. The Balaban J connectivity index is 2.50. The minimum absolute atomic E-state index is 0.0389. The van der Waals surface area contributed by atoms with Gasteiger partial charge in [0, 0.05) is 18.7 Å². The van der Waals surface area contributed by atoms with Gasteiger partial charge in [-0.05, 0) is 26.0 Å². The normalized spacial score (nSPS) is 12.8. The van der Waals surface area contributed by atoms with Crippen LogP contribution in [-0.2, 0) is 27.6 Å². The second-order valence-electron chi connectivity index (χ2n) is 6.10. The number of hydrogen-bond donors (Lipinski definition) is 0. The van der Waals surface area contributed by atoms with Gasteiger partial charge in [0.25, 0.3) is 5.56 Å². The Bertz CT molecular complexity index is 1140. The first kappa shape index (κ1) is 24.1. The minimum atomic E-state index is -4.96. The molecule has 8 nitrogen and oxygen atoms in total. The second-order valence-corrected chi connectivity index (χ2v) is 6.51. The molecule has 13 heteroatoms. The summed E-state index contributed by atoms with van der Waals surface area (Å²) in [4.78, 5) is 40.9. The van der Waals surface area contributed by atoms with Crippen LogP contribution in [0.3, 0.4) is 0 Å². The quantitative estimate of drug-likeness (QED) is 0.283. The van der Waals surface area contributed by atoms with Crippen molar-refractivity contribution >= 4 is 23.8 Å². The molecule has 1 heterocycles. The molecule has 0 unspecified atom stereocenters. The van der Waals surface area contributed by atoms with Crippen molar-refractivity contribution in [3.63, 3.8) is 0 Å². The Morgan fingerprint density at radius 1 is 1.29 bits per heavy atom. The monoisotopic (exact) mass is 465 g/mol. The van der Waals surface area contributed by atoms with Crippen LogP contribution in [0.4, 0.5) is 17.6 Å². The Hall–Kier alpha value is -3.15. The summed E-state index contributed by atoms with van der Waals surface area (Å²) in [7, 11) is 0.794. The van der Waals surface area contributed by atoms with Gasteiger partial charge in [0.1, 0.15) is 11.5 Å². The van der Waals surface area contributed by atoms with Gasteiger partial charge in [0.2, 0.25) is 6.10 Å². The molecule has 0 saturated heterocycles. The fourth-order valence-electron chi connectivity index (χ4n) is 2.42. The van der Waals surface area contributed by atoms with E-state index in [4.69, 9.17) is 21.2 Å². The lowest BCUT2D eigenvalue weighted by atomic mass is 10.2. The summed E-state index contributed by atoms with van der Waals surface area (Å²) in [5.41, 5.74) is -4.99. The molecule has 0 bridgehead atoms. The average molecular weight is 466 g/mol. The van der Waals surface area contributed by atoms with Crippen LogP contribution in [-0.4, -0.2) is 34.0 Å². The highest BCUT2D eigenvalue weighted by atomic mass is 35.5. The van der Waals surface area contributed by atoms with Gasteiger partial charge >= 0.3 is 17.8 Å². The second kappa shape index (κ2) is 9.33. The maximum absolute atomic E-state index is 14.4. The SMILES string of the molecule is CCOC(=O)[C@@H](C)O/N=C/c1cc(-n2c(=O)cc(C(F)(F)F)n(C)c2=O)c(F)cc1Cl. The number of aromatic nitrogens is 2. The van der Waals surface area contributed by atoms with Gasteiger partial charge < -0.3 is 9.57 Å². The molecule has 0 aliphatic heterocycles. The zero-order valence-corrected chi connectivity index (χ0v) is 17.1. The molecule has 0 saturated carbocycles. The number of hydrogen-bond acceptors (Lipinski definition) is 6. The molecule has 2 aromatic rings. The first-order chi connectivity index (χ1) is 14.4. The smallest absolute Gasteiger partial charge is 0.431 e. The fraction of sp³-hybridized carbons (Fsp3) is 0.333. The van der Waals surface area contributed by atoms with Crippen LogP contribution in [0.1, 0.15) is 25.1 Å². The molecular formula is C18H16ClF4N3O5. The van der Waals surface area contributed by atoms with Gasteiger partial charge in [-0.3, -0.25) is 9.36 Å². The van der Waals surface area contributed by atoms with Gasteiger partial charge in [0.15, 0.2) is 0 Å². The van der Waals surface area contributed by atoms with Gasteiger partial charge in [-0.2, -0.15) is 13.2 Å². The van der Waals surface area contributed by atoms with Crippen molar-refractivity contribution in [3.8, 4) is 5.69 Å². The van der Waals surface area contributed by atoms with Crippen molar-refractivity contribution in [1.82, 2.24) is 9.13 Å². The van der Waals surface area contributed by atoms with Crippen molar-refractivity contribution in [2.24, 2.45) is 12.2 Å². The zero-order valence-electron chi connectivity index (χ0n) is 16.4. The molecule has 1 aromatic carbocycles. The lowest BCUT2D eigenvalue weighted by Gasteiger charge is -2.14. The number of ether oxygens (including phenoxy) is 1. The topological polar surface area (TPSA) is 91.9 Å². The van der Waals surface area contributed by atoms with E-state index in [1.54, 1.807) is 6.92 Å². The molecule has 0 aliphatic rings. The summed E-state index contributed by atoms with van der Waals surface area (Å²) in [6, 6.07) is 1.85. The van der Waals surface area contributed by atoms with E-state index in [2.05, 4.69) is 5.16 Å². The predicted molar refractivity (Wildman–Crippen MR) is 102 cm³/mol. The fourth-order valence-corrected chi connectivity index (χ4v) is 2.62. The molecule has 168 valence electrons. The number of halogens is 5. The largest absolute Gasteiger partial charge is 0.463 e. The van der Waals surface area contributed by atoms with Crippen LogP contribution >= 0.6 is 11.6 Å². The number of alkyl halides is 3. The van der Waals surface area contributed by atoms with Crippen LogP contribution in [0.5, 0.6) is 0 Å². The summed E-state index contributed by atoms with van der Waals surface area (Å²) in [6.07, 6.45) is -5.06. The van der Waals surface area contributed by atoms with Crippen molar-refractivity contribution in [3.05, 3.63) is 61.1 Å². The molecule has 0 spiro atoms. The van der Waals surface area contributed by atoms with E-state index in [0.717, 1.165) is 25.4 Å². The number of rotatable bonds is 6. The molecule has 2 rings (SSSR count). The first-order valence-electron chi connectivity index (χ1n) is 8.64. The van der Waals surface area contributed by atoms with Gasteiger partial charge in [0.05, 0.1) is 23.5 Å². The third-order valence-electron chi connectivity index (χ3n) is 3.95. The molecule has 0 N–H and O–H groups in total. The highest BCUT2D eigenvalue weighted by molar-refractivity contribution is 6.33. The zero-order chi connectivity index (χ0) is 23.5. The van der Waals surface area contributed by atoms with Crippen LogP contribution in [0, 0.1) is 5.82 Å². The molecule has 0 amide bonds. The van der Waals surface area contributed by atoms with Crippen molar-refractivity contribution < 1.29 is 31.9 Å². The average Bonchev–Trinajstić information content (AvgIpc) is 2.66. The molecule has 1 atom stereocenters. The molecule has 0 radical (unpaired) electrons. The highest BCUT2D eigenvalue weighted by Crippen LogP contribution is 2.27. The lowest BCUT2D eigenvalue weighted by Crippen LogP contribution is -2.41. The number of oxime groups is 1. The van der Waals surface area contributed by atoms with E-state index in [-0.39, 0.29) is 32.4 Å². The maximum atomic E-state index is 14.4. The van der Waals surface area contributed by atoms with Crippen molar-refractivity contribution in [2.45, 2.75) is 26.1 Å². The van der Waals surface area contributed by atoms with E-state index in [1.165, 1.54) is 6.92 Å². The predicted octanol–water partition coefficient (Wildman–Crippen LogP) is 2.65. The molecule has 31 heavy (non-hydrogen) atoms. The van der Waals surface area contributed by atoms with Gasteiger partial charge in [-0.25, -0.2) is 18.5 Å². The summed E-state index contributed by atoms with van der Waals surface area (Å²) >= 11 is 5.91. The number of carbonyl (C=O) groups is 1. The number of nitrogens with zero attached hydrogens (tertiary/aromatic N) is 3. The van der Waals surface area contributed by atoms with E-state index in [0.29, 0.717) is 0 Å². The van der Waals surface area contributed by atoms with E-state index in [9.17, 15) is 31.9 Å². The molecule has 0 fully saturated rings.